The first kappa shape index (κ1) is 27.5. The van der Waals surface area contributed by atoms with Gasteiger partial charge in [-0.2, -0.15) is 0 Å². The fourth-order valence-corrected chi connectivity index (χ4v) is 6.32. The van der Waals surface area contributed by atoms with Gasteiger partial charge in [-0.15, -0.1) is 0 Å². The smallest absolute Gasteiger partial charge is 0.269 e. The molecule has 40 heavy (non-hydrogen) atoms. The van der Waals surface area contributed by atoms with E-state index in [9.17, 15) is 19.7 Å². The number of rotatable bonds is 9. The molecule has 1 fully saturated rings. The molecule has 5 rings (SSSR count). The predicted octanol–water partition coefficient (Wildman–Crippen LogP) is 6.26. The molecule has 1 unspecified atom stereocenters. The van der Waals surface area contributed by atoms with Crippen molar-refractivity contribution in [3.05, 3.63) is 112 Å². The highest BCUT2D eigenvalue weighted by Gasteiger charge is 2.41. The van der Waals surface area contributed by atoms with E-state index < -0.39 is 4.92 Å². The molecule has 0 N–H and O–H groups in total. The highest BCUT2D eigenvalue weighted by molar-refractivity contribution is 6.07. The van der Waals surface area contributed by atoms with Crippen molar-refractivity contribution in [3.63, 3.8) is 0 Å². The van der Waals surface area contributed by atoms with Gasteiger partial charge in [-0.05, 0) is 48.2 Å². The highest BCUT2D eigenvalue weighted by atomic mass is 16.6. The van der Waals surface area contributed by atoms with Crippen LogP contribution in [-0.4, -0.2) is 53.8 Å². The summed E-state index contributed by atoms with van der Waals surface area (Å²) >= 11 is 0. The van der Waals surface area contributed by atoms with Crippen LogP contribution in [0, 0.1) is 16.0 Å². The SMILES string of the molecule is CC(=O)CC[N+]1(C/C=C/c2ccccc2)CCC(C2CN(C(=O)c3ccc([N+](=O)[O-])cc3)c3ccccc32)CC1. The molecule has 1 amide bonds. The Morgan fingerprint density at radius 2 is 1.65 bits per heavy atom. The summed E-state index contributed by atoms with van der Waals surface area (Å²) in [6, 6.07) is 24.3. The van der Waals surface area contributed by atoms with Crippen molar-refractivity contribution in [2.75, 3.05) is 37.6 Å². The maximum absolute atomic E-state index is 13.5. The zero-order valence-electron chi connectivity index (χ0n) is 22.9. The molecule has 7 heteroatoms. The molecule has 3 aromatic carbocycles. The molecule has 0 spiro atoms. The van der Waals surface area contributed by atoms with E-state index in [4.69, 9.17) is 0 Å². The number of nitrogens with zero attached hydrogens (tertiary/aromatic N) is 3. The molecule has 1 atom stereocenters. The van der Waals surface area contributed by atoms with Gasteiger partial charge >= 0.3 is 0 Å². The minimum absolute atomic E-state index is 0.0246. The van der Waals surface area contributed by atoms with E-state index in [1.54, 1.807) is 19.1 Å². The molecule has 2 aliphatic rings. The molecular formula is C33H36N3O4+. The number of hydrogen-bond acceptors (Lipinski definition) is 4. The first-order valence-electron chi connectivity index (χ1n) is 14.1. The van der Waals surface area contributed by atoms with Crippen molar-refractivity contribution < 1.29 is 19.0 Å². The first-order chi connectivity index (χ1) is 19.3. The molecule has 7 nitrogen and oxygen atoms in total. The van der Waals surface area contributed by atoms with Crippen LogP contribution in [0.4, 0.5) is 11.4 Å². The zero-order valence-corrected chi connectivity index (χ0v) is 22.9. The normalized spacial score (nSPS) is 22.3. The van der Waals surface area contributed by atoms with Gasteiger partial charge in [0.1, 0.15) is 5.78 Å². The standard InChI is InChI=1S/C33H36N3O4/c1-25(37)17-21-36(20-7-10-26-8-3-2-4-9-26)22-18-27(19-23-36)31-24-34(32-12-6-5-11-30(31)32)33(38)28-13-15-29(16-14-28)35(39)40/h2-16,27,31H,17-24H2,1H3/q+1/b10-7+. The monoisotopic (exact) mass is 538 g/mol. The number of non-ortho nitro benzene ring substituents is 1. The van der Waals surface area contributed by atoms with E-state index in [1.807, 2.05) is 41.3 Å². The summed E-state index contributed by atoms with van der Waals surface area (Å²) in [4.78, 5) is 37.9. The van der Waals surface area contributed by atoms with Gasteiger partial charge in [-0.25, -0.2) is 0 Å². The van der Waals surface area contributed by atoms with Gasteiger partial charge in [0.25, 0.3) is 11.6 Å². The van der Waals surface area contributed by atoms with E-state index >= 15 is 0 Å². The lowest BCUT2D eigenvalue weighted by Gasteiger charge is -2.44. The Kier molecular flexibility index (Phi) is 8.21. The van der Waals surface area contributed by atoms with E-state index in [1.165, 1.54) is 23.3 Å². The number of carbonyl (C=O) groups is 2. The summed E-state index contributed by atoms with van der Waals surface area (Å²) in [5.74, 6) is 0.792. The Hall–Kier alpha value is -4.10. The van der Waals surface area contributed by atoms with Crippen LogP contribution >= 0.6 is 0 Å². The second kappa shape index (κ2) is 12.0. The number of ketones is 1. The van der Waals surface area contributed by atoms with Crippen LogP contribution in [0.1, 0.15) is 53.6 Å². The minimum atomic E-state index is -0.453. The maximum Gasteiger partial charge on any atom is 0.269 e. The molecule has 3 aromatic rings. The number of para-hydroxylation sites is 1. The van der Waals surface area contributed by atoms with Crippen molar-refractivity contribution in [1.29, 1.82) is 0 Å². The first-order valence-corrected chi connectivity index (χ1v) is 14.1. The van der Waals surface area contributed by atoms with Gasteiger partial charge in [0.15, 0.2) is 0 Å². The number of carbonyl (C=O) groups excluding carboxylic acids is 2. The lowest BCUT2D eigenvalue weighted by Crippen LogP contribution is -2.54. The van der Waals surface area contributed by atoms with Crippen LogP contribution in [0.25, 0.3) is 6.08 Å². The third kappa shape index (κ3) is 6.05. The van der Waals surface area contributed by atoms with Crippen LogP contribution in [0.5, 0.6) is 0 Å². The second-order valence-electron chi connectivity index (χ2n) is 11.2. The molecule has 2 heterocycles. The van der Waals surface area contributed by atoms with E-state index in [2.05, 4.69) is 30.4 Å². The number of piperidine rings is 1. The Balaban J connectivity index is 1.30. The largest absolute Gasteiger partial charge is 0.320 e. The zero-order chi connectivity index (χ0) is 28.1. The summed E-state index contributed by atoms with van der Waals surface area (Å²) in [5.41, 5.74) is 3.75. The fourth-order valence-electron chi connectivity index (χ4n) is 6.32. The third-order valence-electron chi connectivity index (χ3n) is 8.63. The topological polar surface area (TPSA) is 80.5 Å². The van der Waals surface area contributed by atoms with Gasteiger partial charge in [-0.3, -0.25) is 19.7 Å². The molecule has 2 aliphatic heterocycles. The average molecular weight is 539 g/mol. The number of anilines is 1. The average Bonchev–Trinajstić information content (AvgIpc) is 3.36. The molecule has 0 bridgehead atoms. The van der Waals surface area contributed by atoms with Crippen molar-refractivity contribution >= 4 is 29.1 Å². The van der Waals surface area contributed by atoms with Gasteiger partial charge in [0.2, 0.25) is 0 Å². The van der Waals surface area contributed by atoms with Gasteiger partial charge in [0, 0.05) is 48.7 Å². The van der Waals surface area contributed by atoms with E-state index in [-0.39, 0.29) is 23.3 Å². The number of hydrogen-bond donors (Lipinski definition) is 0. The van der Waals surface area contributed by atoms with Crippen molar-refractivity contribution in [2.24, 2.45) is 5.92 Å². The third-order valence-corrected chi connectivity index (χ3v) is 8.63. The summed E-state index contributed by atoms with van der Waals surface area (Å²) in [6.07, 6.45) is 7.10. The number of amides is 1. The molecule has 0 saturated carbocycles. The number of nitro benzene ring substituents is 1. The molecular weight excluding hydrogens is 502 g/mol. The number of likely N-dealkylation sites (tertiary alicyclic amines) is 1. The quantitative estimate of drug-likeness (QED) is 0.183. The number of nitro groups is 1. The van der Waals surface area contributed by atoms with Gasteiger partial charge in [0.05, 0.1) is 37.5 Å². The molecule has 0 aliphatic carbocycles. The van der Waals surface area contributed by atoms with Crippen LogP contribution in [0.3, 0.4) is 0 Å². The number of Topliss-reactive ketones (excluding diaryl/α,β-unsaturated/α-hetero) is 1. The summed E-state index contributed by atoms with van der Waals surface area (Å²) in [5, 5.41) is 11.1. The van der Waals surface area contributed by atoms with Crippen LogP contribution < -0.4 is 4.90 Å². The van der Waals surface area contributed by atoms with Gasteiger partial charge < -0.3 is 9.38 Å². The van der Waals surface area contributed by atoms with Crippen LogP contribution in [0.2, 0.25) is 0 Å². The lowest BCUT2D eigenvalue weighted by molar-refractivity contribution is -0.927. The second-order valence-corrected chi connectivity index (χ2v) is 11.2. The molecule has 1 saturated heterocycles. The Bertz CT molecular complexity index is 1390. The summed E-state index contributed by atoms with van der Waals surface area (Å²) in [6.45, 7) is 6.06. The number of fused-ring (bicyclic) bond motifs is 1. The van der Waals surface area contributed by atoms with E-state index in [0.29, 0.717) is 24.4 Å². The Morgan fingerprint density at radius 1 is 0.975 bits per heavy atom. The van der Waals surface area contributed by atoms with E-state index in [0.717, 1.165) is 49.2 Å². The lowest BCUT2D eigenvalue weighted by atomic mass is 9.80. The summed E-state index contributed by atoms with van der Waals surface area (Å²) in [7, 11) is 0. The predicted molar refractivity (Wildman–Crippen MR) is 157 cm³/mol. The minimum Gasteiger partial charge on any atom is -0.320 e. The van der Waals surface area contributed by atoms with Crippen LogP contribution in [-0.2, 0) is 4.79 Å². The highest BCUT2D eigenvalue weighted by Crippen LogP contribution is 2.45. The van der Waals surface area contributed by atoms with Crippen molar-refractivity contribution in [3.8, 4) is 0 Å². The van der Waals surface area contributed by atoms with Gasteiger partial charge in [-0.1, -0.05) is 54.6 Å². The maximum atomic E-state index is 13.5. The molecule has 206 valence electrons. The summed E-state index contributed by atoms with van der Waals surface area (Å²) < 4.78 is 0.916. The fraction of sp³-hybridized carbons (Fsp3) is 0.333. The van der Waals surface area contributed by atoms with Crippen LogP contribution in [0.15, 0.2) is 84.9 Å². The Labute approximate surface area is 235 Å². The van der Waals surface area contributed by atoms with Crippen molar-refractivity contribution in [2.45, 2.75) is 32.1 Å². The Morgan fingerprint density at radius 3 is 2.33 bits per heavy atom. The molecule has 0 aromatic heterocycles. The number of benzene rings is 3. The number of quaternary nitrogens is 1. The van der Waals surface area contributed by atoms with Crippen molar-refractivity contribution in [1.82, 2.24) is 0 Å². The molecule has 0 radical (unpaired) electrons.